The number of aromatic nitrogens is 2. The van der Waals surface area contributed by atoms with Gasteiger partial charge in [-0.15, -0.1) is 0 Å². The molecule has 3 aliphatic rings. The molecule has 2 aromatic rings. The van der Waals surface area contributed by atoms with Gasteiger partial charge in [-0.3, -0.25) is 14.3 Å². The summed E-state index contributed by atoms with van der Waals surface area (Å²) in [6, 6.07) is 4.40. The van der Waals surface area contributed by atoms with Crippen molar-refractivity contribution >= 4 is 27.6 Å². The van der Waals surface area contributed by atoms with E-state index in [9.17, 15) is 14.0 Å². The van der Waals surface area contributed by atoms with Gasteiger partial charge in [0, 0.05) is 49.2 Å². The Kier molecular flexibility index (Phi) is 8.53. The van der Waals surface area contributed by atoms with Crippen LogP contribution in [0.1, 0.15) is 80.5 Å². The summed E-state index contributed by atoms with van der Waals surface area (Å²) in [5.41, 5.74) is 2.66. The number of likely N-dealkylation sites (tertiary alicyclic amines) is 1. The molecule has 3 heterocycles. The van der Waals surface area contributed by atoms with Gasteiger partial charge in [-0.05, 0) is 80.4 Å². The fraction of sp³-hybridized carbons (Fsp3) is 0.621. The maximum Gasteiger partial charge on any atom is 0.244 e. The van der Waals surface area contributed by atoms with Crippen LogP contribution in [-0.4, -0.2) is 57.8 Å². The van der Waals surface area contributed by atoms with Gasteiger partial charge in [-0.25, -0.2) is 4.39 Å². The van der Waals surface area contributed by atoms with Crippen LogP contribution >= 0.6 is 15.9 Å². The number of fused-ring (bicyclic) bond motifs is 1. The molecule has 0 spiro atoms. The smallest absolute Gasteiger partial charge is 0.244 e. The van der Waals surface area contributed by atoms with E-state index < -0.39 is 0 Å². The number of hydrogen-bond acceptors (Lipinski definition) is 5. The van der Waals surface area contributed by atoms with E-state index >= 15 is 0 Å². The molecule has 9 heteroatoms. The van der Waals surface area contributed by atoms with Crippen LogP contribution in [0.2, 0.25) is 0 Å². The summed E-state index contributed by atoms with van der Waals surface area (Å²) in [5, 5.41) is 4.74. The maximum atomic E-state index is 13.6. The monoisotopic (exact) mass is 589 g/mol. The van der Waals surface area contributed by atoms with Crippen molar-refractivity contribution in [2.24, 2.45) is 5.92 Å². The SMILES string of the molecule is C[C@@H]1CC(C(=O)c2nn(CC(=O)N3CCC(Oc4cc(F)ccc4Br)CC3)c3c2CCC3)CCC[C@H](C)O1. The molecule has 2 saturated heterocycles. The third-order valence-corrected chi connectivity index (χ3v) is 8.78. The van der Waals surface area contributed by atoms with Gasteiger partial charge in [0.15, 0.2) is 5.78 Å². The van der Waals surface area contributed by atoms with Crippen LogP contribution in [0.4, 0.5) is 4.39 Å². The van der Waals surface area contributed by atoms with Gasteiger partial charge < -0.3 is 14.4 Å². The van der Waals surface area contributed by atoms with Crippen LogP contribution in [0.15, 0.2) is 22.7 Å². The molecule has 0 radical (unpaired) electrons. The Bertz CT molecular complexity index is 1180. The van der Waals surface area contributed by atoms with Gasteiger partial charge in [-0.2, -0.15) is 5.10 Å². The molecule has 7 nitrogen and oxygen atoms in total. The van der Waals surface area contributed by atoms with Crippen molar-refractivity contribution in [3.63, 3.8) is 0 Å². The number of ether oxygens (including phenoxy) is 2. The number of amides is 1. The maximum absolute atomic E-state index is 13.6. The van der Waals surface area contributed by atoms with E-state index in [0.717, 1.165) is 49.8 Å². The Labute approximate surface area is 232 Å². The molecule has 0 bridgehead atoms. The van der Waals surface area contributed by atoms with E-state index in [4.69, 9.17) is 14.6 Å². The number of hydrogen-bond donors (Lipinski definition) is 0. The number of rotatable bonds is 6. The second-order valence-electron chi connectivity index (χ2n) is 11.0. The van der Waals surface area contributed by atoms with E-state index in [-0.39, 0.29) is 48.3 Å². The van der Waals surface area contributed by atoms with E-state index in [1.807, 2.05) is 4.90 Å². The molecule has 1 aromatic heterocycles. The fourth-order valence-corrected chi connectivity index (χ4v) is 6.50. The summed E-state index contributed by atoms with van der Waals surface area (Å²) in [6.45, 7) is 5.45. The lowest BCUT2D eigenvalue weighted by molar-refractivity contribution is -0.133. The summed E-state index contributed by atoms with van der Waals surface area (Å²) in [4.78, 5) is 28.7. The number of carbonyl (C=O) groups excluding carboxylic acids is 2. The zero-order valence-corrected chi connectivity index (χ0v) is 23.8. The van der Waals surface area contributed by atoms with Crippen LogP contribution in [0.3, 0.4) is 0 Å². The molecular formula is C29H37BrFN3O4. The Hall–Kier alpha value is -2.26. The molecule has 5 rings (SSSR count). The van der Waals surface area contributed by atoms with Crippen molar-refractivity contribution in [2.45, 2.75) is 96.5 Å². The van der Waals surface area contributed by atoms with Gasteiger partial charge in [0.25, 0.3) is 0 Å². The standard InChI is InChI=1S/C29H37BrFN3O4/c1-18-5-3-6-20(15-19(2)37-18)29(36)28-23-7-4-8-25(23)34(32-28)17-27(35)33-13-11-22(12-14-33)38-26-16-21(31)9-10-24(26)30/h9-10,16,18-20,22H,3-8,11-15,17H2,1-2H3/t18-,19+,20?/m0/s1. The molecule has 206 valence electrons. The Morgan fingerprint density at radius 1 is 1.11 bits per heavy atom. The number of ketones is 1. The summed E-state index contributed by atoms with van der Waals surface area (Å²) >= 11 is 3.41. The van der Waals surface area contributed by atoms with Crippen molar-refractivity contribution in [3.8, 4) is 5.75 Å². The van der Waals surface area contributed by atoms with E-state index in [1.54, 1.807) is 10.7 Å². The highest BCUT2D eigenvalue weighted by Crippen LogP contribution is 2.32. The number of benzene rings is 1. The second kappa shape index (κ2) is 11.9. The van der Waals surface area contributed by atoms with E-state index in [0.29, 0.717) is 48.3 Å². The summed E-state index contributed by atoms with van der Waals surface area (Å²) < 4.78 is 28.1. The Morgan fingerprint density at radius 3 is 2.68 bits per heavy atom. The molecule has 3 atom stereocenters. The number of Topliss-reactive ketones (excluding diaryl/α,β-unsaturated/α-hetero) is 1. The summed E-state index contributed by atoms with van der Waals surface area (Å²) in [5.74, 6) is 0.180. The largest absolute Gasteiger partial charge is 0.489 e. The predicted octanol–water partition coefficient (Wildman–Crippen LogP) is 5.51. The number of carbonyl (C=O) groups is 2. The average molecular weight is 591 g/mol. The van der Waals surface area contributed by atoms with Crippen LogP contribution in [-0.2, 0) is 28.9 Å². The summed E-state index contributed by atoms with van der Waals surface area (Å²) in [7, 11) is 0. The number of nitrogens with zero attached hydrogens (tertiary/aromatic N) is 3. The predicted molar refractivity (Wildman–Crippen MR) is 145 cm³/mol. The van der Waals surface area contributed by atoms with E-state index in [2.05, 4.69) is 29.8 Å². The Balaban J connectivity index is 1.21. The fourth-order valence-electron chi connectivity index (χ4n) is 6.16. The minimum absolute atomic E-state index is 0.00792. The van der Waals surface area contributed by atoms with E-state index in [1.165, 1.54) is 12.1 Å². The third-order valence-electron chi connectivity index (χ3n) is 8.12. The quantitative estimate of drug-likeness (QED) is 0.415. The molecule has 38 heavy (non-hydrogen) atoms. The minimum Gasteiger partial charge on any atom is -0.489 e. The van der Waals surface area contributed by atoms with Gasteiger partial charge in [0.05, 0.1) is 16.7 Å². The average Bonchev–Trinajstić information content (AvgIpc) is 3.48. The molecule has 2 aliphatic heterocycles. The van der Waals surface area contributed by atoms with Crippen LogP contribution < -0.4 is 4.74 Å². The zero-order chi connectivity index (χ0) is 26.8. The molecule has 1 aromatic carbocycles. The molecule has 1 unspecified atom stereocenters. The number of piperidine rings is 1. The van der Waals surface area contributed by atoms with Crippen LogP contribution in [0.25, 0.3) is 0 Å². The first-order chi connectivity index (χ1) is 18.3. The molecule has 0 N–H and O–H groups in total. The van der Waals surface area contributed by atoms with Gasteiger partial charge in [0.2, 0.25) is 5.91 Å². The zero-order valence-electron chi connectivity index (χ0n) is 22.3. The van der Waals surface area contributed by atoms with Crippen LogP contribution in [0, 0.1) is 11.7 Å². The molecule has 0 saturated carbocycles. The Morgan fingerprint density at radius 2 is 1.89 bits per heavy atom. The van der Waals surface area contributed by atoms with Crippen molar-refractivity contribution < 1.29 is 23.5 Å². The molecule has 2 fully saturated rings. The molecular weight excluding hydrogens is 553 g/mol. The lowest BCUT2D eigenvalue weighted by atomic mass is 9.87. The summed E-state index contributed by atoms with van der Waals surface area (Å²) in [6.07, 6.45) is 7.76. The minimum atomic E-state index is -0.340. The first-order valence-electron chi connectivity index (χ1n) is 14.0. The lowest BCUT2D eigenvalue weighted by Gasteiger charge is -2.32. The highest BCUT2D eigenvalue weighted by molar-refractivity contribution is 9.10. The first kappa shape index (κ1) is 27.3. The normalized spacial score (nSPS) is 24.5. The topological polar surface area (TPSA) is 73.7 Å². The van der Waals surface area contributed by atoms with Gasteiger partial charge >= 0.3 is 0 Å². The van der Waals surface area contributed by atoms with Crippen molar-refractivity contribution in [2.75, 3.05) is 13.1 Å². The highest BCUT2D eigenvalue weighted by Gasteiger charge is 2.33. The number of halogens is 2. The van der Waals surface area contributed by atoms with Gasteiger partial charge in [-0.1, -0.05) is 6.42 Å². The molecule has 1 aliphatic carbocycles. The first-order valence-corrected chi connectivity index (χ1v) is 14.8. The second-order valence-corrected chi connectivity index (χ2v) is 11.9. The van der Waals surface area contributed by atoms with Crippen molar-refractivity contribution in [3.05, 3.63) is 45.4 Å². The highest BCUT2D eigenvalue weighted by atomic mass is 79.9. The third kappa shape index (κ3) is 6.14. The van der Waals surface area contributed by atoms with Gasteiger partial charge in [0.1, 0.15) is 29.9 Å². The van der Waals surface area contributed by atoms with Crippen molar-refractivity contribution in [1.82, 2.24) is 14.7 Å². The van der Waals surface area contributed by atoms with Crippen molar-refractivity contribution in [1.29, 1.82) is 0 Å². The van der Waals surface area contributed by atoms with Crippen LogP contribution in [0.5, 0.6) is 5.75 Å². The molecule has 1 amide bonds. The lowest BCUT2D eigenvalue weighted by Crippen LogP contribution is -2.43.